The van der Waals surface area contributed by atoms with Crippen molar-refractivity contribution in [1.82, 2.24) is 8.61 Å². The van der Waals surface area contributed by atoms with Crippen LogP contribution in [0, 0.1) is 0 Å². The molecule has 0 saturated carbocycles. The summed E-state index contributed by atoms with van der Waals surface area (Å²) in [7, 11) is -7.14. The Labute approximate surface area is 272 Å². The summed E-state index contributed by atoms with van der Waals surface area (Å²) in [6, 6.07) is 19.5. The van der Waals surface area contributed by atoms with Gasteiger partial charge in [0.2, 0.25) is 20.0 Å². The minimum absolute atomic E-state index is 0.199. The van der Waals surface area contributed by atoms with Crippen molar-refractivity contribution >= 4 is 43.8 Å². The zero-order valence-electron chi connectivity index (χ0n) is 25.9. The minimum Gasteiger partial charge on any atom is -0.289 e. The molecular formula is C36H40N2O6S2. The summed E-state index contributed by atoms with van der Waals surface area (Å²) in [4.78, 5) is 25.9. The molecule has 0 amide bonds. The molecule has 2 aliphatic rings. The summed E-state index contributed by atoms with van der Waals surface area (Å²) in [5.74, 6) is -0.475. The average Bonchev–Trinajstić information content (AvgIpc) is 3.54. The van der Waals surface area contributed by atoms with E-state index in [4.69, 9.17) is 0 Å². The first-order chi connectivity index (χ1) is 22.1. The predicted octanol–water partition coefficient (Wildman–Crippen LogP) is 6.61. The van der Waals surface area contributed by atoms with Crippen molar-refractivity contribution in [2.24, 2.45) is 0 Å². The lowest BCUT2D eigenvalue weighted by Gasteiger charge is -2.19. The molecular weight excluding hydrogens is 621 g/mol. The van der Waals surface area contributed by atoms with Gasteiger partial charge < -0.3 is 0 Å². The molecule has 2 aliphatic heterocycles. The third-order valence-corrected chi connectivity index (χ3v) is 12.3. The van der Waals surface area contributed by atoms with E-state index in [1.165, 1.54) is 45.0 Å². The number of benzene rings is 3. The average molecular weight is 661 g/mol. The Morgan fingerprint density at radius 3 is 1.07 bits per heavy atom. The molecule has 0 radical (unpaired) electrons. The molecule has 0 spiro atoms. The number of carbonyl (C=O) groups is 2. The second-order valence-corrected chi connectivity index (χ2v) is 15.6. The van der Waals surface area contributed by atoms with Gasteiger partial charge in [-0.1, -0.05) is 62.1 Å². The first kappa shape index (κ1) is 33.7. The van der Waals surface area contributed by atoms with Crippen LogP contribution in [0.25, 0.3) is 12.2 Å². The molecule has 2 heterocycles. The monoisotopic (exact) mass is 660 g/mol. The Morgan fingerprint density at radius 2 is 0.761 bits per heavy atom. The van der Waals surface area contributed by atoms with Gasteiger partial charge in [-0.2, -0.15) is 8.61 Å². The van der Waals surface area contributed by atoms with Gasteiger partial charge in [0.1, 0.15) is 0 Å². The standard InChI is InChI=1S/C36H40N2O6S2/c39-35(31-15-19-33(20-16-31)45(41,42)37-25-5-1-2-6-26-37)23-13-29-9-11-30(12-10-29)14-24-36(40)32-17-21-34(22-18-32)46(43,44)38-27-7-3-4-8-28-38/h9-24H,1-8,25-28H2. The van der Waals surface area contributed by atoms with Crippen LogP contribution in [0.3, 0.4) is 0 Å². The minimum atomic E-state index is -3.57. The lowest BCUT2D eigenvalue weighted by atomic mass is 10.1. The Morgan fingerprint density at radius 1 is 0.457 bits per heavy atom. The third kappa shape index (κ3) is 8.36. The molecule has 0 aromatic heterocycles. The SMILES string of the molecule is O=C(C=Cc1ccc(C=CC(=O)c2ccc(S(=O)(=O)N3CCCCCC3)cc2)cc1)c1ccc(S(=O)(=O)N2CCCCCC2)cc1. The Balaban J connectivity index is 1.16. The van der Waals surface area contributed by atoms with Gasteiger partial charge in [-0.05, 0) is 97.5 Å². The number of rotatable bonds is 10. The van der Waals surface area contributed by atoms with Crippen molar-refractivity contribution < 1.29 is 26.4 Å². The molecule has 10 heteroatoms. The number of sulfonamides is 2. The van der Waals surface area contributed by atoms with Crippen LogP contribution in [0.15, 0.2) is 94.7 Å². The molecule has 0 N–H and O–H groups in total. The van der Waals surface area contributed by atoms with Crippen molar-refractivity contribution in [1.29, 1.82) is 0 Å². The van der Waals surface area contributed by atoms with Crippen molar-refractivity contribution in [2.75, 3.05) is 26.2 Å². The van der Waals surface area contributed by atoms with E-state index in [0.29, 0.717) is 37.3 Å². The van der Waals surface area contributed by atoms with Gasteiger partial charge in [-0.15, -0.1) is 0 Å². The van der Waals surface area contributed by atoms with Gasteiger partial charge in [-0.25, -0.2) is 16.8 Å². The third-order valence-electron chi connectivity index (χ3n) is 8.47. The van der Waals surface area contributed by atoms with Crippen LogP contribution in [0.1, 0.15) is 83.2 Å². The van der Waals surface area contributed by atoms with Gasteiger partial charge in [0.05, 0.1) is 9.79 Å². The first-order valence-corrected chi connectivity index (χ1v) is 18.8. The Kier molecular flexibility index (Phi) is 11.2. The lowest BCUT2D eigenvalue weighted by molar-refractivity contribution is 0.103. The van der Waals surface area contributed by atoms with E-state index in [9.17, 15) is 26.4 Å². The van der Waals surface area contributed by atoms with Gasteiger partial charge >= 0.3 is 0 Å². The first-order valence-electron chi connectivity index (χ1n) is 15.9. The zero-order valence-corrected chi connectivity index (χ0v) is 27.5. The van der Waals surface area contributed by atoms with Crippen LogP contribution >= 0.6 is 0 Å². The highest BCUT2D eigenvalue weighted by Gasteiger charge is 2.26. The summed E-state index contributed by atoms with van der Waals surface area (Å²) >= 11 is 0. The summed E-state index contributed by atoms with van der Waals surface area (Å²) in [5, 5.41) is 0. The summed E-state index contributed by atoms with van der Waals surface area (Å²) < 4.78 is 55.1. The molecule has 242 valence electrons. The van der Waals surface area contributed by atoms with Crippen LogP contribution in [-0.2, 0) is 20.0 Å². The van der Waals surface area contributed by atoms with Crippen LogP contribution in [0.2, 0.25) is 0 Å². The number of hydrogen-bond acceptors (Lipinski definition) is 6. The van der Waals surface area contributed by atoms with E-state index in [1.54, 1.807) is 36.4 Å². The molecule has 2 saturated heterocycles. The highest BCUT2D eigenvalue weighted by Crippen LogP contribution is 2.23. The van der Waals surface area contributed by atoms with Gasteiger partial charge in [0.15, 0.2) is 11.6 Å². The molecule has 0 unspecified atom stereocenters. The number of nitrogens with zero attached hydrogens (tertiary/aromatic N) is 2. The number of ketones is 2. The molecule has 5 rings (SSSR count). The van der Waals surface area contributed by atoms with E-state index in [2.05, 4.69) is 0 Å². The summed E-state index contributed by atoms with van der Waals surface area (Å²) in [5.41, 5.74) is 2.38. The molecule has 3 aromatic rings. The van der Waals surface area contributed by atoms with Gasteiger partial charge in [0.25, 0.3) is 0 Å². The van der Waals surface area contributed by atoms with Crippen LogP contribution in [0.5, 0.6) is 0 Å². The van der Waals surface area contributed by atoms with Crippen molar-refractivity contribution in [3.63, 3.8) is 0 Å². The van der Waals surface area contributed by atoms with Crippen molar-refractivity contribution in [3.8, 4) is 0 Å². The molecule has 0 bridgehead atoms. The van der Waals surface area contributed by atoms with E-state index in [1.807, 2.05) is 24.3 Å². The van der Waals surface area contributed by atoms with Gasteiger partial charge in [0, 0.05) is 37.3 Å². The zero-order chi connectivity index (χ0) is 32.6. The smallest absolute Gasteiger partial charge is 0.243 e. The quantitative estimate of drug-likeness (QED) is 0.179. The van der Waals surface area contributed by atoms with E-state index >= 15 is 0 Å². The molecule has 0 atom stereocenters. The van der Waals surface area contributed by atoms with Crippen molar-refractivity contribution in [2.45, 2.75) is 61.2 Å². The Hall–Kier alpha value is -3.70. The largest absolute Gasteiger partial charge is 0.289 e. The van der Waals surface area contributed by atoms with E-state index in [0.717, 1.165) is 62.5 Å². The van der Waals surface area contributed by atoms with Gasteiger partial charge in [-0.3, -0.25) is 9.59 Å². The summed E-state index contributed by atoms with van der Waals surface area (Å²) in [6.45, 7) is 2.10. The summed E-state index contributed by atoms with van der Waals surface area (Å²) in [6.07, 6.45) is 13.9. The highest BCUT2D eigenvalue weighted by molar-refractivity contribution is 7.89. The fourth-order valence-corrected chi connectivity index (χ4v) is 8.73. The maximum Gasteiger partial charge on any atom is 0.243 e. The number of hydrogen-bond donors (Lipinski definition) is 0. The van der Waals surface area contributed by atoms with Crippen molar-refractivity contribution in [3.05, 3.63) is 107 Å². The van der Waals surface area contributed by atoms with Crippen LogP contribution in [0.4, 0.5) is 0 Å². The highest BCUT2D eigenvalue weighted by atomic mass is 32.2. The maximum atomic E-state index is 13.0. The molecule has 0 aliphatic carbocycles. The molecule has 3 aromatic carbocycles. The normalized spacial score (nSPS) is 17.6. The Bertz CT molecular complexity index is 1640. The number of carbonyl (C=O) groups excluding carboxylic acids is 2. The molecule has 2 fully saturated rings. The second kappa shape index (κ2) is 15.3. The second-order valence-electron chi connectivity index (χ2n) is 11.7. The van der Waals surface area contributed by atoms with Crippen LogP contribution in [-0.4, -0.2) is 63.2 Å². The fraction of sp³-hybridized carbons (Fsp3) is 0.333. The fourth-order valence-electron chi connectivity index (χ4n) is 5.70. The van der Waals surface area contributed by atoms with E-state index in [-0.39, 0.29) is 21.4 Å². The lowest BCUT2D eigenvalue weighted by Crippen LogP contribution is -2.31. The topological polar surface area (TPSA) is 109 Å². The molecule has 8 nitrogen and oxygen atoms in total. The van der Waals surface area contributed by atoms with E-state index < -0.39 is 20.0 Å². The number of allylic oxidation sites excluding steroid dienone is 2. The molecule has 46 heavy (non-hydrogen) atoms. The maximum absolute atomic E-state index is 13.0. The predicted molar refractivity (Wildman–Crippen MR) is 181 cm³/mol. The van der Waals surface area contributed by atoms with Crippen LogP contribution < -0.4 is 0 Å².